The number of aromatic nitrogens is 4. The number of carbonyl (C=O) groups excluding carboxylic acids is 1. The van der Waals surface area contributed by atoms with Crippen LogP contribution in [0.3, 0.4) is 0 Å². The van der Waals surface area contributed by atoms with Crippen LogP contribution >= 0.6 is 0 Å². The second kappa shape index (κ2) is 8.94. The number of esters is 1. The van der Waals surface area contributed by atoms with Crippen molar-refractivity contribution in [3.63, 3.8) is 0 Å². The van der Waals surface area contributed by atoms with Gasteiger partial charge in [-0.1, -0.05) is 40.7 Å². The first kappa shape index (κ1) is 19.9. The van der Waals surface area contributed by atoms with E-state index in [4.69, 9.17) is 9.57 Å². The number of nitrogens with zero attached hydrogens (tertiary/aromatic N) is 5. The number of fused-ring (bicyclic) bond motifs is 1. The second-order valence-corrected chi connectivity index (χ2v) is 7.37. The average molecular weight is 407 g/mol. The predicted octanol–water partition coefficient (Wildman–Crippen LogP) is 2.87. The summed E-state index contributed by atoms with van der Waals surface area (Å²) in [5, 5.41) is 12.7. The molecule has 1 aromatic carbocycles. The van der Waals surface area contributed by atoms with Gasteiger partial charge in [-0.25, -0.2) is 4.68 Å². The molecule has 0 saturated heterocycles. The van der Waals surface area contributed by atoms with Gasteiger partial charge in [-0.15, -0.1) is 5.10 Å². The highest BCUT2D eigenvalue weighted by Gasteiger charge is 2.23. The minimum atomic E-state index is -0.254. The van der Waals surface area contributed by atoms with E-state index in [0.29, 0.717) is 6.54 Å². The third-order valence-corrected chi connectivity index (χ3v) is 5.23. The van der Waals surface area contributed by atoms with E-state index in [1.54, 1.807) is 4.68 Å². The fraction of sp³-hybridized carbons (Fsp3) is 0.364. The Kier molecular flexibility index (Phi) is 5.92. The van der Waals surface area contributed by atoms with E-state index in [1.807, 2.05) is 35.9 Å². The molecular weight excluding hydrogens is 382 g/mol. The molecule has 1 aliphatic carbocycles. The largest absolute Gasteiger partial charge is 0.468 e. The number of hydrogen-bond acceptors (Lipinski definition) is 6. The molecule has 156 valence electrons. The Balaban J connectivity index is 1.41. The van der Waals surface area contributed by atoms with Gasteiger partial charge in [0.05, 0.1) is 25.6 Å². The van der Waals surface area contributed by atoms with Crippen molar-refractivity contribution >= 4 is 11.7 Å². The number of carbonyl (C=O) groups is 1. The molecule has 0 aliphatic heterocycles. The van der Waals surface area contributed by atoms with Gasteiger partial charge in [0, 0.05) is 17.0 Å². The van der Waals surface area contributed by atoms with Crippen LogP contribution in [-0.2, 0) is 40.5 Å². The second-order valence-electron chi connectivity index (χ2n) is 7.37. The maximum atomic E-state index is 11.7. The maximum Gasteiger partial charge on any atom is 0.325 e. The van der Waals surface area contributed by atoms with Gasteiger partial charge in [0.1, 0.15) is 12.2 Å². The molecule has 0 fully saturated rings. The lowest BCUT2D eigenvalue weighted by Crippen LogP contribution is -2.19. The quantitative estimate of drug-likeness (QED) is 0.444. The normalized spacial score (nSPS) is 14.5. The van der Waals surface area contributed by atoms with E-state index in [2.05, 4.69) is 33.7 Å². The summed E-state index contributed by atoms with van der Waals surface area (Å²) < 4.78 is 8.61. The summed E-state index contributed by atoms with van der Waals surface area (Å²) in [5.74, 6) is -0.254. The molecule has 0 spiro atoms. The number of ether oxygens (including phenoxy) is 1. The van der Waals surface area contributed by atoms with Crippen LogP contribution in [0.25, 0.3) is 0 Å². The molecule has 3 aromatic rings. The van der Waals surface area contributed by atoms with Crippen LogP contribution in [-0.4, -0.2) is 38.4 Å². The van der Waals surface area contributed by atoms with Crippen molar-refractivity contribution in [2.75, 3.05) is 7.11 Å². The van der Waals surface area contributed by atoms with Crippen molar-refractivity contribution in [2.24, 2.45) is 5.16 Å². The highest BCUT2D eigenvalue weighted by Crippen LogP contribution is 2.26. The molecule has 0 saturated carbocycles. The third-order valence-electron chi connectivity index (χ3n) is 5.23. The molecule has 30 heavy (non-hydrogen) atoms. The summed E-state index contributed by atoms with van der Waals surface area (Å²) in [6.45, 7) is 3.13. The van der Waals surface area contributed by atoms with Crippen molar-refractivity contribution in [2.45, 2.75) is 45.9 Å². The number of oxime groups is 1. The summed E-state index contributed by atoms with van der Waals surface area (Å²) in [6.07, 6.45) is 4.59. The van der Waals surface area contributed by atoms with Crippen LogP contribution < -0.4 is 0 Å². The zero-order valence-corrected chi connectivity index (χ0v) is 17.2. The smallest absolute Gasteiger partial charge is 0.325 e. The van der Waals surface area contributed by atoms with Gasteiger partial charge in [-0.05, 0) is 37.8 Å². The van der Waals surface area contributed by atoms with Crippen LogP contribution in [0, 0.1) is 6.92 Å². The van der Waals surface area contributed by atoms with E-state index in [0.717, 1.165) is 53.2 Å². The molecule has 0 bridgehead atoms. The zero-order chi connectivity index (χ0) is 20.9. The van der Waals surface area contributed by atoms with Gasteiger partial charge in [0.15, 0.2) is 6.61 Å². The zero-order valence-electron chi connectivity index (χ0n) is 17.2. The van der Waals surface area contributed by atoms with Crippen molar-refractivity contribution in [3.8, 4) is 0 Å². The van der Waals surface area contributed by atoms with Gasteiger partial charge < -0.3 is 14.1 Å². The topological polar surface area (TPSA) is 83.5 Å². The lowest BCUT2D eigenvalue weighted by atomic mass is 9.96. The SMILES string of the molecule is COC(=O)Cn1c(C)cc2c1CCC/C2=N/OCc1cn(Cc2ccccc2)nn1. The van der Waals surface area contributed by atoms with Crippen LogP contribution in [0.5, 0.6) is 0 Å². The standard InChI is InChI=1S/C22H25N5O3/c1-16-11-19-20(9-6-10-21(19)27(16)14-22(28)29-2)24-30-15-18-13-26(25-23-18)12-17-7-4-3-5-8-17/h3-5,7-8,11,13H,6,9-10,12,14-15H2,1-2H3/b24-20-. The lowest BCUT2D eigenvalue weighted by Gasteiger charge is -2.17. The molecule has 8 nitrogen and oxygen atoms in total. The molecule has 2 aromatic heterocycles. The predicted molar refractivity (Wildman–Crippen MR) is 111 cm³/mol. The van der Waals surface area contributed by atoms with Gasteiger partial charge in [-0.3, -0.25) is 4.79 Å². The molecule has 0 radical (unpaired) electrons. The van der Waals surface area contributed by atoms with Crippen molar-refractivity contribution in [1.82, 2.24) is 19.6 Å². The summed E-state index contributed by atoms with van der Waals surface area (Å²) in [6, 6.07) is 12.2. The van der Waals surface area contributed by atoms with Crippen LogP contribution in [0.1, 0.15) is 41.1 Å². The highest BCUT2D eigenvalue weighted by molar-refractivity contribution is 6.02. The first-order chi connectivity index (χ1) is 14.6. The van der Waals surface area contributed by atoms with Crippen LogP contribution in [0.4, 0.5) is 0 Å². The number of benzene rings is 1. The highest BCUT2D eigenvalue weighted by atomic mass is 16.6. The molecule has 4 rings (SSSR count). The first-order valence-electron chi connectivity index (χ1n) is 10.0. The molecular formula is C22H25N5O3. The Morgan fingerprint density at radius 3 is 2.87 bits per heavy atom. The monoisotopic (exact) mass is 407 g/mol. The van der Waals surface area contributed by atoms with Crippen molar-refractivity contribution in [3.05, 3.63) is 70.8 Å². The summed E-state index contributed by atoms with van der Waals surface area (Å²) in [4.78, 5) is 17.3. The minimum absolute atomic E-state index is 0.219. The molecule has 1 aliphatic rings. The summed E-state index contributed by atoms with van der Waals surface area (Å²) >= 11 is 0. The van der Waals surface area contributed by atoms with Crippen molar-refractivity contribution in [1.29, 1.82) is 0 Å². The van der Waals surface area contributed by atoms with E-state index >= 15 is 0 Å². The summed E-state index contributed by atoms with van der Waals surface area (Å²) in [7, 11) is 1.41. The van der Waals surface area contributed by atoms with Crippen LogP contribution in [0.2, 0.25) is 0 Å². The van der Waals surface area contributed by atoms with E-state index in [-0.39, 0.29) is 19.1 Å². The molecule has 0 amide bonds. The Morgan fingerprint density at radius 1 is 1.23 bits per heavy atom. The Morgan fingerprint density at radius 2 is 2.07 bits per heavy atom. The first-order valence-corrected chi connectivity index (χ1v) is 10.0. The fourth-order valence-corrected chi connectivity index (χ4v) is 3.74. The van der Waals surface area contributed by atoms with Gasteiger partial charge >= 0.3 is 5.97 Å². The molecule has 0 unspecified atom stereocenters. The van der Waals surface area contributed by atoms with Crippen LogP contribution in [0.15, 0.2) is 47.8 Å². The van der Waals surface area contributed by atoms with E-state index in [1.165, 1.54) is 7.11 Å². The fourth-order valence-electron chi connectivity index (χ4n) is 3.74. The van der Waals surface area contributed by atoms with Gasteiger partial charge in [-0.2, -0.15) is 0 Å². The number of rotatable bonds is 7. The van der Waals surface area contributed by atoms with E-state index in [9.17, 15) is 4.79 Å². The van der Waals surface area contributed by atoms with Gasteiger partial charge in [0.25, 0.3) is 0 Å². The molecule has 8 heteroatoms. The Labute approximate surface area is 175 Å². The number of aryl methyl sites for hydroxylation is 1. The van der Waals surface area contributed by atoms with E-state index < -0.39 is 0 Å². The third kappa shape index (κ3) is 4.42. The number of hydrogen-bond donors (Lipinski definition) is 0. The Bertz CT molecular complexity index is 1050. The maximum absolute atomic E-state index is 11.7. The molecule has 2 heterocycles. The van der Waals surface area contributed by atoms with Gasteiger partial charge in [0.2, 0.25) is 0 Å². The number of methoxy groups -OCH3 is 1. The summed E-state index contributed by atoms with van der Waals surface area (Å²) in [5.41, 5.74) is 5.97. The Hall–Kier alpha value is -3.42. The molecule has 0 atom stereocenters. The lowest BCUT2D eigenvalue weighted by molar-refractivity contribution is -0.141. The average Bonchev–Trinajstić information content (AvgIpc) is 3.33. The minimum Gasteiger partial charge on any atom is -0.468 e. The molecule has 0 N–H and O–H groups in total. The van der Waals surface area contributed by atoms with Crippen molar-refractivity contribution < 1.29 is 14.4 Å².